The molecular weight excluding hydrogens is 293 g/mol. The van der Waals surface area contributed by atoms with Crippen LogP contribution in [0.4, 0.5) is 10.1 Å². The van der Waals surface area contributed by atoms with Crippen molar-refractivity contribution in [2.45, 2.75) is 31.6 Å². The SMILES string of the molecule is CCOc1ccccc1NC(=O)C1(c2ccc(F)cc2)CCC1. The van der Waals surface area contributed by atoms with E-state index in [1.807, 2.05) is 31.2 Å². The van der Waals surface area contributed by atoms with Gasteiger partial charge in [0.1, 0.15) is 11.6 Å². The van der Waals surface area contributed by atoms with E-state index in [0.717, 1.165) is 24.8 Å². The van der Waals surface area contributed by atoms with Crippen LogP contribution in [0.15, 0.2) is 48.5 Å². The molecule has 2 aromatic carbocycles. The van der Waals surface area contributed by atoms with Gasteiger partial charge in [-0.3, -0.25) is 4.79 Å². The lowest BCUT2D eigenvalue weighted by molar-refractivity contribution is -0.124. The van der Waals surface area contributed by atoms with E-state index in [2.05, 4.69) is 5.32 Å². The van der Waals surface area contributed by atoms with Crippen LogP contribution in [-0.2, 0) is 10.2 Å². The van der Waals surface area contributed by atoms with E-state index in [1.54, 1.807) is 12.1 Å². The summed E-state index contributed by atoms with van der Waals surface area (Å²) in [5.74, 6) is 0.324. The van der Waals surface area contributed by atoms with E-state index in [0.29, 0.717) is 18.0 Å². The molecule has 1 aliphatic rings. The van der Waals surface area contributed by atoms with Crippen LogP contribution >= 0.6 is 0 Å². The van der Waals surface area contributed by atoms with Crippen LogP contribution in [0.25, 0.3) is 0 Å². The molecule has 0 saturated heterocycles. The number of benzene rings is 2. The molecule has 1 saturated carbocycles. The van der Waals surface area contributed by atoms with E-state index in [-0.39, 0.29) is 11.7 Å². The summed E-state index contributed by atoms with van der Waals surface area (Å²) >= 11 is 0. The highest BCUT2D eigenvalue weighted by molar-refractivity contribution is 6.00. The Morgan fingerprint density at radius 3 is 2.48 bits per heavy atom. The number of hydrogen-bond donors (Lipinski definition) is 1. The van der Waals surface area contributed by atoms with Crippen molar-refractivity contribution in [2.24, 2.45) is 0 Å². The summed E-state index contributed by atoms with van der Waals surface area (Å²) in [5.41, 5.74) is 0.983. The first-order valence-corrected chi connectivity index (χ1v) is 7.95. The number of hydrogen-bond acceptors (Lipinski definition) is 2. The van der Waals surface area contributed by atoms with E-state index < -0.39 is 5.41 Å². The van der Waals surface area contributed by atoms with Gasteiger partial charge in [-0.1, -0.05) is 30.7 Å². The Hall–Kier alpha value is -2.36. The lowest BCUT2D eigenvalue weighted by atomic mass is 9.64. The highest BCUT2D eigenvalue weighted by Crippen LogP contribution is 2.45. The maximum atomic E-state index is 13.2. The van der Waals surface area contributed by atoms with E-state index in [4.69, 9.17) is 4.74 Å². The first kappa shape index (κ1) is 15.5. The summed E-state index contributed by atoms with van der Waals surface area (Å²) in [6.07, 6.45) is 2.56. The largest absolute Gasteiger partial charge is 0.492 e. The molecule has 1 N–H and O–H groups in total. The van der Waals surface area contributed by atoms with Crippen LogP contribution < -0.4 is 10.1 Å². The van der Waals surface area contributed by atoms with Gasteiger partial charge in [-0.2, -0.15) is 0 Å². The lowest BCUT2D eigenvalue weighted by Crippen LogP contribution is -2.46. The Bertz CT molecular complexity index is 693. The van der Waals surface area contributed by atoms with Gasteiger partial charge in [0.25, 0.3) is 0 Å². The molecule has 4 heteroatoms. The molecule has 0 spiro atoms. The quantitative estimate of drug-likeness (QED) is 0.894. The zero-order valence-corrected chi connectivity index (χ0v) is 13.1. The minimum Gasteiger partial charge on any atom is -0.492 e. The molecule has 23 heavy (non-hydrogen) atoms. The van der Waals surface area contributed by atoms with Crippen molar-refractivity contribution >= 4 is 11.6 Å². The van der Waals surface area contributed by atoms with E-state index >= 15 is 0 Å². The van der Waals surface area contributed by atoms with Crippen LogP contribution in [0.5, 0.6) is 5.75 Å². The maximum absolute atomic E-state index is 13.2. The number of rotatable bonds is 5. The van der Waals surface area contributed by atoms with Gasteiger partial charge in [-0.05, 0) is 49.6 Å². The van der Waals surface area contributed by atoms with Gasteiger partial charge in [0.2, 0.25) is 5.91 Å². The monoisotopic (exact) mass is 313 g/mol. The molecule has 0 heterocycles. The molecule has 1 amide bonds. The topological polar surface area (TPSA) is 38.3 Å². The first-order valence-electron chi connectivity index (χ1n) is 7.95. The highest BCUT2D eigenvalue weighted by atomic mass is 19.1. The second kappa shape index (κ2) is 6.41. The molecule has 0 bridgehead atoms. The molecule has 3 rings (SSSR count). The summed E-state index contributed by atoms with van der Waals surface area (Å²) in [4.78, 5) is 12.9. The summed E-state index contributed by atoms with van der Waals surface area (Å²) in [6.45, 7) is 2.44. The summed E-state index contributed by atoms with van der Waals surface area (Å²) in [5, 5.41) is 2.99. The third kappa shape index (κ3) is 2.93. The van der Waals surface area contributed by atoms with Gasteiger partial charge in [0.15, 0.2) is 0 Å². The van der Waals surface area contributed by atoms with Gasteiger partial charge in [0.05, 0.1) is 17.7 Å². The molecule has 1 fully saturated rings. The van der Waals surface area contributed by atoms with Gasteiger partial charge in [-0.15, -0.1) is 0 Å². The van der Waals surface area contributed by atoms with Crippen molar-refractivity contribution in [1.29, 1.82) is 0 Å². The molecule has 2 aromatic rings. The Morgan fingerprint density at radius 2 is 1.87 bits per heavy atom. The maximum Gasteiger partial charge on any atom is 0.235 e. The van der Waals surface area contributed by atoms with Crippen LogP contribution in [0.1, 0.15) is 31.7 Å². The second-order valence-corrected chi connectivity index (χ2v) is 5.83. The van der Waals surface area contributed by atoms with Gasteiger partial charge >= 0.3 is 0 Å². The van der Waals surface area contributed by atoms with Crippen LogP contribution in [0.3, 0.4) is 0 Å². The number of carbonyl (C=O) groups is 1. The normalized spacial score (nSPS) is 15.6. The number of halogens is 1. The van der Waals surface area contributed by atoms with Crippen molar-refractivity contribution in [1.82, 2.24) is 0 Å². The van der Waals surface area contributed by atoms with Crippen LogP contribution in [0, 0.1) is 5.82 Å². The molecule has 1 aliphatic carbocycles. The lowest BCUT2D eigenvalue weighted by Gasteiger charge is -2.40. The van der Waals surface area contributed by atoms with Gasteiger partial charge < -0.3 is 10.1 Å². The molecular formula is C19H20FNO2. The fourth-order valence-corrected chi connectivity index (χ4v) is 3.04. The van der Waals surface area contributed by atoms with Crippen molar-refractivity contribution in [3.05, 3.63) is 59.9 Å². The fraction of sp³-hybridized carbons (Fsp3) is 0.316. The third-order valence-electron chi connectivity index (χ3n) is 4.47. The van der Waals surface area contributed by atoms with Crippen molar-refractivity contribution < 1.29 is 13.9 Å². The van der Waals surface area contributed by atoms with Gasteiger partial charge in [-0.25, -0.2) is 4.39 Å². The number of ether oxygens (including phenoxy) is 1. The molecule has 0 unspecified atom stereocenters. The van der Waals surface area contributed by atoms with Crippen molar-refractivity contribution in [2.75, 3.05) is 11.9 Å². The molecule has 0 aromatic heterocycles. The Kier molecular flexibility index (Phi) is 4.33. The molecule has 0 radical (unpaired) electrons. The number of amides is 1. The van der Waals surface area contributed by atoms with Crippen LogP contribution in [-0.4, -0.2) is 12.5 Å². The predicted molar refractivity (Wildman–Crippen MR) is 88.2 cm³/mol. The fourth-order valence-electron chi connectivity index (χ4n) is 3.04. The van der Waals surface area contributed by atoms with Crippen LogP contribution in [0.2, 0.25) is 0 Å². The first-order chi connectivity index (χ1) is 11.2. The number of nitrogens with one attached hydrogen (secondary N) is 1. The van der Waals surface area contributed by atoms with Crippen molar-refractivity contribution in [3.63, 3.8) is 0 Å². The molecule has 120 valence electrons. The minimum atomic E-state index is -0.562. The van der Waals surface area contributed by atoms with Gasteiger partial charge in [0, 0.05) is 0 Å². The van der Waals surface area contributed by atoms with E-state index in [1.165, 1.54) is 12.1 Å². The Labute approximate surface area is 135 Å². The number of para-hydroxylation sites is 2. The predicted octanol–water partition coefficient (Wildman–Crippen LogP) is 4.28. The zero-order chi connectivity index (χ0) is 16.3. The zero-order valence-electron chi connectivity index (χ0n) is 13.1. The summed E-state index contributed by atoms with van der Waals surface area (Å²) < 4.78 is 18.7. The Morgan fingerprint density at radius 1 is 1.17 bits per heavy atom. The third-order valence-corrected chi connectivity index (χ3v) is 4.47. The summed E-state index contributed by atoms with van der Waals surface area (Å²) in [7, 11) is 0. The Balaban J connectivity index is 1.85. The summed E-state index contributed by atoms with van der Waals surface area (Å²) in [6, 6.07) is 13.7. The standard InChI is InChI=1S/C19H20FNO2/c1-2-23-17-7-4-3-6-16(17)21-18(22)19(12-5-13-19)14-8-10-15(20)11-9-14/h3-4,6-11H,2,5,12-13H2,1H3,(H,21,22). The minimum absolute atomic E-state index is 0.0532. The average molecular weight is 313 g/mol. The highest BCUT2D eigenvalue weighted by Gasteiger charge is 2.45. The molecule has 0 aliphatic heterocycles. The van der Waals surface area contributed by atoms with E-state index in [9.17, 15) is 9.18 Å². The average Bonchev–Trinajstić information content (AvgIpc) is 2.50. The van der Waals surface area contributed by atoms with Crippen molar-refractivity contribution in [3.8, 4) is 5.75 Å². The molecule has 3 nitrogen and oxygen atoms in total. The molecule has 0 atom stereocenters. The number of anilines is 1. The number of carbonyl (C=O) groups excluding carboxylic acids is 1. The second-order valence-electron chi connectivity index (χ2n) is 5.83. The smallest absolute Gasteiger partial charge is 0.235 e.